The minimum absolute atomic E-state index is 0.0393. The van der Waals surface area contributed by atoms with Crippen LogP contribution in [-0.2, 0) is 19.2 Å². The van der Waals surface area contributed by atoms with Gasteiger partial charge in [-0.05, 0) is 6.42 Å². The molecular formula is C12H18N4O8. The topological polar surface area (TPSA) is 189 Å². The van der Waals surface area contributed by atoms with Crippen LogP contribution in [0.5, 0.6) is 0 Å². The second-order valence-corrected chi connectivity index (χ2v) is 4.95. The van der Waals surface area contributed by atoms with Gasteiger partial charge in [0.2, 0.25) is 0 Å². The van der Waals surface area contributed by atoms with Crippen LogP contribution in [0.2, 0.25) is 0 Å². The van der Waals surface area contributed by atoms with Crippen molar-refractivity contribution in [1.82, 2.24) is 16.0 Å². The predicted octanol–water partition coefficient (Wildman–Crippen LogP) is -2.00. The van der Waals surface area contributed by atoms with E-state index in [2.05, 4.69) is 15.8 Å². The number of aliphatic imine (C=N–C) groups is 1. The fraction of sp³-hybridized carbons (Fsp3) is 0.583. The molecule has 1 heterocycles. The number of hydrogen-bond donors (Lipinski definition) is 6. The van der Waals surface area contributed by atoms with E-state index in [1.807, 2.05) is 0 Å². The summed E-state index contributed by atoms with van der Waals surface area (Å²) in [7, 11) is 0. The van der Waals surface area contributed by atoms with Crippen LogP contribution in [0.1, 0.15) is 19.3 Å². The molecule has 1 rings (SSSR count). The van der Waals surface area contributed by atoms with Crippen LogP contribution in [0.3, 0.4) is 0 Å². The van der Waals surface area contributed by atoms with Gasteiger partial charge in [-0.25, -0.2) is 10.9 Å². The van der Waals surface area contributed by atoms with E-state index in [0.29, 0.717) is 0 Å². The second kappa shape index (κ2) is 8.90. The van der Waals surface area contributed by atoms with Gasteiger partial charge in [-0.3, -0.25) is 24.2 Å². The van der Waals surface area contributed by atoms with Crippen molar-refractivity contribution in [2.45, 2.75) is 31.3 Å². The van der Waals surface area contributed by atoms with E-state index >= 15 is 0 Å². The minimum atomic E-state index is -1.44. The number of hydrogen-bond acceptors (Lipinski definition) is 8. The second-order valence-electron chi connectivity index (χ2n) is 4.95. The van der Waals surface area contributed by atoms with Crippen LogP contribution in [0.4, 0.5) is 0 Å². The highest BCUT2D eigenvalue weighted by Crippen LogP contribution is 2.05. The molecule has 24 heavy (non-hydrogen) atoms. The maximum Gasteiger partial charge on any atom is 0.327 e. The Bertz CT molecular complexity index is 549. The third-order valence-electron chi connectivity index (χ3n) is 3.09. The van der Waals surface area contributed by atoms with Gasteiger partial charge in [0.25, 0.3) is 0 Å². The fourth-order valence-corrected chi connectivity index (χ4v) is 1.99. The highest BCUT2D eigenvalue weighted by molar-refractivity contribution is 6.11. The van der Waals surface area contributed by atoms with E-state index in [9.17, 15) is 24.3 Å². The summed E-state index contributed by atoms with van der Waals surface area (Å²) >= 11 is 0. The molecule has 0 amide bonds. The zero-order valence-electron chi connectivity index (χ0n) is 12.5. The van der Waals surface area contributed by atoms with Crippen molar-refractivity contribution >= 4 is 29.6 Å². The van der Waals surface area contributed by atoms with Crippen LogP contribution in [0, 0.1) is 0 Å². The molecule has 2 atom stereocenters. The summed E-state index contributed by atoms with van der Waals surface area (Å²) in [5.74, 6) is -5.09. The van der Waals surface area contributed by atoms with Crippen molar-refractivity contribution in [3.8, 4) is 0 Å². The standard InChI is InChI=1S/C12H18N4O8/c17-8(18)2-1-6(11(21)22)14-16-4-3-13-7(5-9(19)20)10(15-16)12(23)24/h6,10,14-15H,1-5H2,(H,17,18)(H,19,20)(H,21,22)(H,23,24)/t6-,10-/m0/s1. The SMILES string of the molecule is O=C(O)CC[C@H](NN1CCN=C(CC(=O)O)[C@@H](C(=O)O)N1)C(=O)O. The lowest BCUT2D eigenvalue weighted by Gasteiger charge is -2.28. The van der Waals surface area contributed by atoms with Crippen LogP contribution >= 0.6 is 0 Å². The largest absolute Gasteiger partial charge is 0.481 e. The van der Waals surface area contributed by atoms with Gasteiger partial charge in [0.15, 0.2) is 6.04 Å². The molecule has 0 saturated carbocycles. The number of carboxylic acids is 4. The zero-order valence-corrected chi connectivity index (χ0v) is 12.5. The molecule has 0 radical (unpaired) electrons. The number of rotatable bonds is 9. The monoisotopic (exact) mass is 346 g/mol. The molecule has 1 aliphatic heterocycles. The van der Waals surface area contributed by atoms with Crippen LogP contribution < -0.4 is 10.9 Å². The summed E-state index contributed by atoms with van der Waals surface area (Å²) in [6.45, 7) is 0.0986. The Kier molecular flexibility index (Phi) is 7.23. The molecular weight excluding hydrogens is 328 g/mol. The quantitative estimate of drug-likeness (QED) is 0.271. The zero-order chi connectivity index (χ0) is 18.3. The van der Waals surface area contributed by atoms with Crippen molar-refractivity contribution in [1.29, 1.82) is 0 Å². The Labute approximate surface area is 135 Å². The van der Waals surface area contributed by atoms with E-state index in [0.717, 1.165) is 5.12 Å². The first-order valence-corrected chi connectivity index (χ1v) is 6.93. The number of nitrogens with zero attached hydrogens (tertiary/aromatic N) is 2. The Morgan fingerprint density at radius 1 is 1.21 bits per heavy atom. The molecule has 12 nitrogen and oxygen atoms in total. The summed E-state index contributed by atoms with van der Waals surface area (Å²) in [5, 5.41) is 36.8. The Morgan fingerprint density at radius 3 is 2.38 bits per heavy atom. The summed E-state index contributed by atoms with van der Waals surface area (Å²) < 4.78 is 0. The summed E-state index contributed by atoms with van der Waals surface area (Å²) in [6.07, 6.45) is -1.18. The van der Waals surface area contributed by atoms with Crippen LogP contribution in [0.25, 0.3) is 0 Å². The number of carbonyl (C=O) groups is 4. The maximum absolute atomic E-state index is 11.3. The van der Waals surface area contributed by atoms with Crippen molar-refractivity contribution in [3.05, 3.63) is 0 Å². The van der Waals surface area contributed by atoms with Gasteiger partial charge < -0.3 is 20.4 Å². The molecule has 134 valence electrons. The Morgan fingerprint density at radius 2 is 1.88 bits per heavy atom. The van der Waals surface area contributed by atoms with Gasteiger partial charge in [-0.2, -0.15) is 5.12 Å². The summed E-state index contributed by atoms with van der Waals surface area (Å²) in [5.41, 5.74) is 4.85. The number of hydrazine groups is 2. The van der Waals surface area contributed by atoms with Gasteiger partial charge in [0.1, 0.15) is 6.04 Å². The fourth-order valence-electron chi connectivity index (χ4n) is 1.99. The molecule has 0 aliphatic carbocycles. The average Bonchev–Trinajstić information content (AvgIpc) is 2.64. The molecule has 0 aromatic rings. The van der Waals surface area contributed by atoms with Crippen molar-refractivity contribution in [2.24, 2.45) is 4.99 Å². The highest BCUT2D eigenvalue weighted by atomic mass is 16.4. The third-order valence-corrected chi connectivity index (χ3v) is 3.09. The third kappa shape index (κ3) is 6.28. The molecule has 0 bridgehead atoms. The summed E-state index contributed by atoms with van der Waals surface area (Å²) in [4.78, 5) is 47.7. The molecule has 0 unspecified atom stereocenters. The van der Waals surface area contributed by atoms with Gasteiger partial charge in [-0.1, -0.05) is 0 Å². The van der Waals surface area contributed by atoms with E-state index in [1.165, 1.54) is 0 Å². The van der Waals surface area contributed by atoms with E-state index in [1.54, 1.807) is 0 Å². The van der Waals surface area contributed by atoms with E-state index in [4.69, 9.17) is 15.3 Å². The smallest absolute Gasteiger partial charge is 0.327 e. The first-order chi connectivity index (χ1) is 11.2. The average molecular weight is 346 g/mol. The molecule has 1 aliphatic rings. The molecule has 0 aromatic carbocycles. The predicted molar refractivity (Wildman–Crippen MR) is 77.2 cm³/mol. The van der Waals surface area contributed by atoms with Crippen LogP contribution in [0.15, 0.2) is 4.99 Å². The van der Waals surface area contributed by atoms with E-state index in [-0.39, 0.29) is 31.6 Å². The number of nitrogens with one attached hydrogen (secondary N) is 2. The van der Waals surface area contributed by atoms with Crippen molar-refractivity contribution in [2.75, 3.05) is 13.1 Å². The first-order valence-electron chi connectivity index (χ1n) is 6.93. The van der Waals surface area contributed by atoms with Gasteiger partial charge in [0.05, 0.1) is 18.7 Å². The lowest BCUT2D eigenvalue weighted by atomic mass is 10.1. The molecule has 0 aromatic heterocycles. The van der Waals surface area contributed by atoms with Gasteiger partial charge >= 0.3 is 23.9 Å². The number of aliphatic carboxylic acids is 4. The number of carboxylic acid groups (broad SMARTS) is 4. The molecule has 6 N–H and O–H groups in total. The molecule has 0 fully saturated rings. The Hall–Kier alpha value is -2.57. The van der Waals surface area contributed by atoms with Crippen LogP contribution in [-0.4, -0.2) is 80.3 Å². The van der Waals surface area contributed by atoms with Gasteiger partial charge in [-0.15, -0.1) is 0 Å². The van der Waals surface area contributed by atoms with Gasteiger partial charge in [0, 0.05) is 13.0 Å². The lowest BCUT2D eigenvalue weighted by Crippen LogP contribution is -2.60. The van der Waals surface area contributed by atoms with E-state index < -0.39 is 42.4 Å². The summed E-state index contributed by atoms with van der Waals surface area (Å²) in [6, 6.07) is -2.70. The normalized spacial score (nSPS) is 19.8. The molecule has 0 saturated heterocycles. The maximum atomic E-state index is 11.3. The lowest BCUT2D eigenvalue weighted by molar-refractivity contribution is -0.143. The highest BCUT2D eigenvalue weighted by Gasteiger charge is 2.31. The molecule has 12 heteroatoms. The van der Waals surface area contributed by atoms with Crippen molar-refractivity contribution < 1.29 is 39.6 Å². The minimum Gasteiger partial charge on any atom is -0.481 e. The first kappa shape index (κ1) is 19.5. The van der Waals surface area contributed by atoms with Crippen molar-refractivity contribution in [3.63, 3.8) is 0 Å². The molecule has 0 spiro atoms. The Balaban J connectivity index is 2.79.